The van der Waals surface area contributed by atoms with E-state index >= 15 is 0 Å². The number of rotatable bonds is 36. The van der Waals surface area contributed by atoms with Crippen LogP contribution in [0, 0.1) is 0 Å². The van der Waals surface area contributed by atoms with Gasteiger partial charge in [0.1, 0.15) is 13.2 Å². The lowest BCUT2D eigenvalue weighted by molar-refractivity contribution is -0.870. The SMILES string of the molecule is CCCCCCC/C=C/C(O)C(COP(=O)([O-])OCC[N+](C)(C)C)NC(=O)CCCCCCCCCCCCCCCCCCCCC. The van der Waals surface area contributed by atoms with Crippen LogP contribution in [0.4, 0.5) is 0 Å². The standard InChI is InChI=1S/C39H79N2O6P/c1-6-8-10-12-14-15-16-17-18-19-20-21-22-23-24-25-27-29-31-33-39(43)40-37(38(42)32-30-28-26-13-11-9-7-2)36-47-48(44,45)46-35-34-41(3,4)5/h30,32,37-38,42H,6-29,31,33-36H2,1-5H3,(H-,40,43,44,45)/b32-30+. The highest BCUT2D eigenvalue weighted by molar-refractivity contribution is 7.45. The van der Waals surface area contributed by atoms with E-state index in [0.29, 0.717) is 17.4 Å². The van der Waals surface area contributed by atoms with Crippen molar-refractivity contribution in [1.29, 1.82) is 0 Å². The van der Waals surface area contributed by atoms with Crippen LogP contribution in [0.3, 0.4) is 0 Å². The number of allylic oxidation sites excluding steroid dienone is 1. The Morgan fingerprint density at radius 2 is 1.12 bits per heavy atom. The van der Waals surface area contributed by atoms with Crippen LogP contribution >= 0.6 is 7.82 Å². The number of carbonyl (C=O) groups is 1. The van der Waals surface area contributed by atoms with Gasteiger partial charge < -0.3 is 28.8 Å². The summed E-state index contributed by atoms with van der Waals surface area (Å²) in [5, 5.41) is 13.6. The first-order valence-electron chi connectivity index (χ1n) is 20.1. The van der Waals surface area contributed by atoms with Crippen molar-refractivity contribution in [2.45, 2.75) is 193 Å². The first-order chi connectivity index (χ1) is 23.0. The molecule has 0 aromatic carbocycles. The normalized spacial score (nSPS) is 14.7. The van der Waals surface area contributed by atoms with Crippen molar-refractivity contribution >= 4 is 13.7 Å². The van der Waals surface area contributed by atoms with Gasteiger partial charge in [-0.2, -0.15) is 0 Å². The minimum absolute atomic E-state index is 0.00118. The lowest BCUT2D eigenvalue weighted by atomic mass is 10.0. The van der Waals surface area contributed by atoms with Crippen molar-refractivity contribution in [3.63, 3.8) is 0 Å². The van der Waals surface area contributed by atoms with Crippen molar-refractivity contribution < 1.29 is 32.9 Å². The zero-order valence-corrected chi connectivity index (χ0v) is 33.1. The van der Waals surface area contributed by atoms with E-state index in [1.165, 1.54) is 122 Å². The summed E-state index contributed by atoms with van der Waals surface area (Å²) >= 11 is 0. The van der Waals surface area contributed by atoms with Crippen LogP contribution < -0.4 is 10.2 Å². The Morgan fingerprint density at radius 1 is 0.708 bits per heavy atom. The third-order valence-electron chi connectivity index (χ3n) is 9.00. The van der Waals surface area contributed by atoms with E-state index in [0.717, 1.165) is 38.5 Å². The number of nitrogens with zero attached hydrogens (tertiary/aromatic N) is 1. The topological polar surface area (TPSA) is 108 Å². The van der Waals surface area contributed by atoms with Crippen molar-refractivity contribution in [2.75, 3.05) is 40.9 Å². The van der Waals surface area contributed by atoms with Crippen LogP contribution in [0.1, 0.15) is 181 Å². The molecule has 0 aliphatic heterocycles. The van der Waals surface area contributed by atoms with Crippen LogP contribution in [-0.2, 0) is 18.4 Å². The lowest BCUT2D eigenvalue weighted by Crippen LogP contribution is -2.45. The van der Waals surface area contributed by atoms with E-state index in [9.17, 15) is 19.4 Å². The number of hydrogen-bond acceptors (Lipinski definition) is 6. The maximum Gasteiger partial charge on any atom is 0.268 e. The maximum absolute atomic E-state index is 12.7. The van der Waals surface area contributed by atoms with Gasteiger partial charge in [-0.25, -0.2) is 0 Å². The molecule has 9 heteroatoms. The molecule has 0 heterocycles. The van der Waals surface area contributed by atoms with Crippen LogP contribution in [0.15, 0.2) is 12.2 Å². The quantitative estimate of drug-likeness (QED) is 0.0291. The van der Waals surface area contributed by atoms with E-state index in [4.69, 9.17) is 9.05 Å². The summed E-state index contributed by atoms with van der Waals surface area (Å²) in [6, 6.07) is -0.876. The number of nitrogens with one attached hydrogen (secondary N) is 1. The summed E-state index contributed by atoms with van der Waals surface area (Å²) in [5.41, 5.74) is 0. The van der Waals surface area contributed by atoms with Gasteiger partial charge in [-0.3, -0.25) is 9.36 Å². The molecule has 0 radical (unpaired) electrons. The summed E-state index contributed by atoms with van der Waals surface area (Å²) in [6.45, 7) is 4.58. The third kappa shape index (κ3) is 33.7. The van der Waals surface area contributed by atoms with E-state index in [-0.39, 0.29) is 19.1 Å². The van der Waals surface area contributed by atoms with Crippen LogP contribution in [0.25, 0.3) is 0 Å². The van der Waals surface area contributed by atoms with Crippen LogP contribution in [0.2, 0.25) is 0 Å². The molecule has 0 aromatic heterocycles. The number of likely N-dealkylation sites (N-methyl/N-ethyl adjacent to an activating group) is 1. The first kappa shape index (κ1) is 47.2. The molecular formula is C39H79N2O6P. The molecule has 3 atom stereocenters. The van der Waals surface area contributed by atoms with Crippen molar-refractivity contribution in [3.8, 4) is 0 Å². The van der Waals surface area contributed by atoms with Gasteiger partial charge in [-0.15, -0.1) is 0 Å². The predicted octanol–water partition coefficient (Wildman–Crippen LogP) is 9.78. The Labute approximate surface area is 297 Å². The van der Waals surface area contributed by atoms with E-state index in [1.54, 1.807) is 6.08 Å². The number of aliphatic hydroxyl groups is 1. The molecule has 286 valence electrons. The Hall–Kier alpha value is -0.760. The average molecular weight is 703 g/mol. The Kier molecular flexibility index (Phi) is 31.7. The van der Waals surface area contributed by atoms with Gasteiger partial charge in [-0.1, -0.05) is 167 Å². The maximum atomic E-state index is 12.7. The predicted molar refractivity (Wildman–Crippen MR) is 201 cm³/mol. The smallest absolute Gasteiger partial charge is 0.268 e. The molecule has 2 N–H and O–H groups in total. The molecular weight excluding hydrogens is 623 g/mol. The number of phosphoric ester groups is 1. The van der Waals surface area contributed by atoms with Gasteiger partial charge in [0.2, 0.25) is 5.91 Å². The number of aliphatic hydroxyl groups excluding tert-OH is 1. The van der Waals surface area contributed by atoms with E-state index in [2.05, 4.69) is 19.2 Å². The number of carbonyl (C=O) groups excluding carboxylic acids is 1. The number of hydrogen-bond donors (Lipinski definition) is 2. The molecule has 48 heavy (non-hydrogen) atoms. The highest BCUT2D eigenvalue weighted by Gasteiger charge is 2.23. The van der Waals surface area contributed by atoms with Gasteiger partial charge in [0.15, 0.2) is 0 Å². The Morgan fingerprint density at radius 3 is 1.56 bits per heavy atom. The minimum atomic E-state index is -4.57. The number of unbranched alkanes of at least 4 members (excludes halogenated alkanes) is 23. The van der Waals surface area contributed by atoms with Crippen molar-refractivity contribution in [3.05, 3.63) is 12.2 Å². The second-order valence-electron chi connectivity index (χ2n) is 15.0. The zero-order chi connectivity index (χ0) is 35.8. The summed E-state index contributed by atoms with van der Waals surface area (Å²) < 4.78 is 23.0. The second kappa shape index (κ2) is 32.2. The number of amides is 1. The number of phosphoric acid groups is 1. The molecule has 8 nitrogen and oxygen atoms in total. The molecule has 0 saturated carbocycles. The van der Waals surface area contributed by atoms with Gasteiger partial charge >= 0.3 is 0 Å². The molecule has 0 rings (SSSR count). The van der Waals surface area contributed by atoms with Crippen LogP contribution in [0.5, 0.6) is 0 Å². The Bertz CT molecular complexity index is 804. The van der Waals surface area contributed by atoms with E-state index < -0.39 is 20.0 Å². The molecule has 3 unspecified atom stereocenters. The molecule has 0 fully saturated rings. The van der Waals surface area contributed by atoms with Crippen molar-refractivity contribution in [1.82, 2.24) is 5.32 Å². The highest BCUT2D eigenvalue weighted by atomic mass is 31.2. The minimum Gasteiger partial charge on any atom is -0.756 e. The van der Waals surface area contributed by atoms with Gasteiger partial charge in [0, 0.05) is 6.42 Å². The molecule has 0 aliphatic carbocycles. The fraction of sp³-hybridized carbons (Fsp3) is 0.923. The molecule has 0 saturated heterocycles. The van der Waals surface area contributed by atoms with Gasteiger partial charge in [0.05, 0.1) is 39.9 Å². The highest BCUT2D eigenvalue weighted by Crippen LogP contribution is 2.38. The summed E-state index contributed by atoms with van der Waals surface area (Å²) in [4.78, 5) is 25.1. The molecule has 0 spiro atoms. The largest absolute Gasteiger partial charge is 0.756 e. The van der Waals surface area contributed by atoms with Crippen LogP contribution in [-0.4, -0.2) is 68.5 Å². The molecule has 0 aromatic rings. The fourth-order valence-corrected chi connectivity index (χ4v) is 6.46. The molecule has 0 bridgehead atoms. The summed E-state index contributed by atoms with van der Waals surface area (Å²) in [5.74, 6) is -0.200. The summed E-state index contributed by atoms with van der Waals surface area (Å²) in [6.07, 6.45) is 34.2. The van der Waals surface area contributed by atoms with Crippen molar-refractivity contribution in [2.24, 2.45) is 0 Å². The van der Waals surface area contributed by atoms with E-state index in [1.807, 2.05) is 27.2 Å². The Balaban J connectivity index is 4.24. The van der Waals surface area contributed by atoms with Gasteiger partial charge in [0.25, 0.3) is 7.82 Å². The first-order valence-corrected chi connectivity index (χ1v) is 21.5. The average Bonchev–Trinajstić information content (AvgIpc) is 3.02. The lowest BCUT2D eigenvalue weighted by Gasteiger charge is -2.29. The third-order valence-corrected chi connectivity index (χ3v) is 9.96. The second-order valence-corrected chi connectivity index (χ2v) is 16.4. The number of quaternary nitrogens is 1. The molecule has 0 aliphatic rings. The van der Waals surface area contributed by atoms with Gasteiger partial charge in [-0.05, 0) is 19.3 Å². The fourth-order valence-electron chi connectivity index (χ4n) is 5.74. The summed E-state index contributed by atoms with van der Waals surface area (Å²) in [7, 11) is 1.26. The monoisotopic (exact) mass is 703 g/mol. The molecule has 1 amide bonds. The zero-order valence-electron chi connectivity index (χ0n) is 32.2.